The lowest BCUT2D eigenvalue weighted by atomic mass is 10.2. The zero-order valence-corrected chi connectivity index (χ0v) is 21.6. The van der Waals surface area contributed by atoms with Crippen LogP contribution in [-0.4, -0.2) is 32.8 Å². The number of halogens is 2. The van der Waals surface area contributed by atoms with E-state index in [1.165, 1.54) is 39.0 Å². The van der Waals surface area contributed by atoms with Gasteiger partial charge in [-0.15, -0.1) is 10.2 Å². The molecular weight excluding hydrogens is 543 g/mol. The zero-order chi connectivity index (χ0) is 25.4. The molecule has 0 aliphatic heterocycles. The molecule has 0 aliphatic carbocycles. The molecule has 5 rings (SSSR count). The number of benzene rings is 2. The standard InChI is InChI=1S/C23H16Cl2N6O3S2/c1-30-23(32)19(22-28-27-21(35-22)14-6-3-2-4-7-14)20-26-12-15(13-31(20)30)29-36(33,34)11-10-16-17(24)8-5-9-18(16)25/h2-13,29H,1H3/b11-10+. The highest BCUT2D eigenvalue weighted by Gasteiger charge is 2.21. The first kappa shape index (κ1) is 24.2. The Labute approximate surface area is 219 Å². The van der Waals surface area contributed by atoms with Gasteiger partial charge in [0.05, 0.1) is 23.5 Å². The maximum Gasteiger partial charge on any atom is 0.279 e. The molecule has 2 aromatic carbocycles. The molecular formula is C23H16Cl2N6O3S2. The Balaban J connectivity index is 1.47. The van der Waals surface area contributed by atoms with E-state index in [9.17, 15) is 13.2 Å². The van der Waals surface area contributed by atoms with Crippen molar-refractivity contribution in [3.05, 3.63) is 92.3 Å². The molecule has 9 nitrogen and oxygen atoms in total. The zero-order valence-electron chi connectivity index (χ0n) is 18.5. The number of nitrogens with one attached hydrogen (secondary N) is 1. The molecule has 182 valence electrons. The van der Waals surface area contributed by atoms with E-state index < -0.39 is 10.0 Å². The lowest BCUT2D eigenvalue weighted by Crippen LogP contribution is -2.16. The number of aryl methyl sites for hydroxylation is 1. The van der Waals surface area contributed by atoms with E-state index in [2.05, 4.69) is 19.9 Å². The van der Waals surface area contributed by atoms with Crippen molar-refractivity contribution < 1.29 is 8.42 Å². The van der Waals surface area contributed by atoms with Crippen molar-refractivity contribution in [2.75, 3.05) is 4.72 Å². The van der Waals surface area contributed by atoms with E-state index in [0.717, 1.165) is 11.0 Å². The Hall–Kier alpha value is -3.51. The minimum absolute atomic E-state index is 0.150. The van der Waals surface area contributed by atoms with Gasteiger partial charge >= 0.3 is 0 Å². The molecule has 0 radical (unpaired) electrons. The predicted octanol–water partition coefficient (Wildman–Crippen LogP) is 4.94. The van der Waals surface area contributed by atoms with Crippen molar-refractivity contribution in [3.8, 4) is 21.1 Å². The summed E-state index contributed by atoms with van der Waals surface area (Å²) in [6.07, 6.45) is 4.09. The lowest BCUT2D eigenvalue weighted by Gasteiger charge is -2.07. The summed E-state index contributed by atoms with van der Waals surface area (Å²) < 4.78 is 30.5. The van der Waals surface area contributed by atoms with Crippen LogP contribution in [0.3, 0.4) is 0 Å². The van der Waals surface area contributed by atoms with Crippen LogP contribution < -0.4 is 10.3 Å². The van der Waals surface area contributed by atoms with E-state index in [4.69, 9.17) is 23.2 Å². The fourth-order valence-electron chi connectivity index (χ4n) is 3.47. The number of fused-ring (bicyclic) bond motifs is 1. The second kappa shape index (κ2) is 9.51. The Bertz CT molecular complexity index is 1770. The first-order valence-corrected chi connectivity index (χ1v) is 13.5. The fraction of sp³-hybridized carbons (Fsp3) is 0.0435. The highest BCUT2D eigenvalue weighted by Crippen LogP contribution is 2.30. The van der Waals surface area contributed by atoms with E-state index in [1.54, 1.807) is 25.2 Å². The van der Waals surface area contributed by atoms with Gasteiger partial charge in [0, 0.05) is 28.2 Å². The average Bonchev–Trinajstić information content (AvgIpc) is 3.42. The van der Waals surface area contributed by atoms with E-state index in [-0.39, 0.29) is 16.8 Å². The monoisotopic (exact) mass is 558 g/mol. The molecule has 1 N–H and O–H groups in total. The Morgan fingerprint density at radius 3 is 2.42 bits per heavy atom. The Morgan fingerprint density at radius 1 is 1.00 bits per heavy atom. The van der Waals surface area contributed by atoms with Gasteiger partial charge < -0.3 is 0 Å². The largest absolute Gasteiger partial charge is 0.279 e. The number of sulfonamides is 1. The second-order valence-electron chi connectivity index (χ2n) is 7.58. The molecule has 0 saturated heterocycles. The minimum Gasteiger partial charge on any atom is -0.277 e. The molecule has 36 heavy (non-hydrogen) atoms. The highest BCUT2D eigenvalue weighted by atomic mass is 35.5. The summed E-state index contributed by atoms with van der Waals surface area (Å²) in [6, 6.07) is 14.4. The van der Waals surface area contributed by atoms with Crippen LogP contribution in [0.15, 0.2) is 71.1 Å². The van der Waals surface area contributed by atoms with Gasteiger partial charge in [-0.2, -0.15) is 0 Å². The summed E-state index contributed by atoms with van der Waals surface area (Å²) in [6.45, 7) is 0. The van der Waals surface area contributed by atoms with Crippen molar-refractivity contribution in [3.63, 3.8) is 0 Å². The van der Waals surface area contributed by atoms with Crippen LogP contribution >= 0.6 is 34.5 Å². The summed E-state index contributed by atoms with van der Waals surface area (Å²) in [5.41, 5.74) is 1.67. The first-order valence-electron chi connectivity index (χ1n) is 10.3. The molecule has 0 fully saturated rings. The number of anilines is 1. The molecule has 3 aromatic heterocycles. The van der Waals surface area contributed by atoms with Crippen LogP contribution in [0.5, 0.6) is 0 Å². The molecule has 0 aliphatic rings. The third kappa shape index (κ3) is 4.65. The third-order valence-electron chi connectivity index (χ3n) is 5.19. The Morgan fingerprint density at radius 2 is 1.69 bits per heavy atom. The van der Waals surface area contributed by atoms with Crippen LogP contribution in [0.1, 0.15) is 5.56 Å². The SMILES string of the molecule is Cn1c(=O)c(-c2nnc(-c3ccccc3)s2)c2ncc(NS(=O)(=O)/C=C/c3c(Cl)cccc3Cl)cn21. The lowest BCUT2D eigenvalue weighted by molar-refractivity contribution is 0.609. The van der Waals surface area contributed by atoms with Gasteiger partial charge in [-0.3, -0.25) is 9.52 Å². The highest BCUT2D eigenvalue weighted by molar-refractivity contribution is 7.95. The molecule has 5 aromatic rings. The van der Waals surface area contributed by atoms with Crippen LogP contribution in [0.4, 0.5) is 5.69 Å². The first-order chi connectivity index (χ1) is 17.2. The summed E-state index contributed by atoms with van der Waals surface area (Å²) in [5, 5.41) is 11.1. The summed E-state index contributed by atoms with van der Waals surface area (Å²) in [7, 11) is -2.39. The molecule has 0 unspecified atom stereocenters. The van der Waals surface area contributed by atoms with Gasteiger partial charge in [0.2, 0.25) is 0 Å². The second-order valence-corrected chi connectivity index (χ2v) is 10.9. The predicted molar refractivity (Wildman–Crippen MR) is 143 cm³/mol. The number of aromatic nitrogens is 5. The molecule has 13 heteroatoms. The molecule has 0 saturated carbocycles. The number of hydrogen-bond donors (Lipinski definition) is 1. The van der Waals surface area contributed by atoms with E-state index in [0.29, 0.717) is 31.3 Å². The molecule has 3 heterocycles. The normalized spacial score (nSPS) is 12.0. The topological polar surface area (TPSA) is 111 Å². The van der Waals surface area contributed by atoms with Crippen LogP contribution in [0.25, 0.3) is 32.9 Å². The third-order valence-corrected chi connectivity index (χ3v) is 7.86. The van der Waals surface area contributed by atoms with Crippen molar-refractivity contribution >= 4 is 62.0 Å². The van der Waals surface area contributed by atoms with E-state index in [1.807, 2.05) is 30.3 Å². The summed E-state index contributed by atoms with van der Waals surface area (Å²) >= 11 is 13.5. The fourth-order valence-corrected chi connectivity index (χ4v) is 5.69. The van der Waals surface area contributed by atoms with E-state index >= 15 is 0 Å². The van der Waals surface area contributed by atoms with Crippen LogP contribution in [0, 0.1) is 0 Å². The van der Waals surface area contributed by atoms with Gasteiger partial charge in [0.1, 0.15) is 10.6 Å². The van der Waals surface area contributed by atoms with Crippen molar-refractivity contribution in [2.24, 2.45) is 7.05 Å². The summed E-state index contributed by atoms with van der Waals surface area (Å²) in [4.78, 5) is 17.4. The molecule has 0 spiro atoms. The minimum atomic E-state index is -3.94. The van der Waals surface area contributed by atoms with Gasteiger partial charge in [0.15, 0.2) is 10.7 Å². The number of hydrogen-bond acceptors (Lipinski definition) is 7. The van der Waals surface area contributed by atoms with Crippen molar-refractivity contribution in [2.45, 2.75) is 0 Å². The maximum absolute atomic E-state index is 13.0. The molecule has 0 amide bonds. The average molecular weight is 559 g/mol. The van der Waals surface area contributed by atoms with Gasteiger partial charge in [-0.1, -0.05) is 70.9 Å². The number of rotatable bonds is 6. The smallest absolute Gasteiger partial charge is 0.277 e. The molecule has 0 atom stereocenters. The van der Waals surface area contributed by atoms with Crippen LogP contribution in [0.2, 0.25) is 10.0 Å². The summed E-state index contributed by atoms with van der Waals surface area (Å²) in [5.74, 6) is 0. The molecule has 0 bridgehead atoms. The maximum atomic E-state index is 13.0. The van der Waals surface area contributed by atoms with Gasteiger partial charge in [-0.05, 0) is 18.2 Å². The van der Waals surface area contributed by atoms with Crippen molar-refractivity contribution in [1.29, 1.82) is 0 Å². The van der Waals surface area contributed by atoms with Gasteiger partial charge in [-0.25, -0.2) is 22.6 Å². The van der Waals surface area contributed by atoms with Crippen LogP contribution in [-0.2, 0) is 17.1 Å². The van der Waals surface area contributed by atoms with Gasteiger partial charge in [0.25, 0.3) is 15.6 Å². The van der Waals surface area contributed by atoms with Crippen molar-refractivity contribution in [1.82, 2.24) is 24.4 Å². The quantitative estimate of drug-likeness (QED) is 0.316. The number of nitrogens with zero attached hydrogens (tertiary/aromatic N) is 5. The Kier molecular flexibility index (Phi) is 6.39.